The van der Waals surface area contributed by atoms with Crippen molar-refractivity contribution >= 4 is 6.09 Å². The molecule has 2 saturated carbocycles. The lowest BCUT2D eigenvalue weighted by molar-refractivity contribution is 0.0390. The van der Waals surface area contributed by atoms with E-state index in [-0.39, 0.29) is 24.2 Å². The first-order valence-electron chi connectivity index (χ1n) is 6.45. The van der Waals surface area contributed by atoms with Gasteiger partial charge in [-0.05, 0) is 52.4 Å². The third-order valence-corrected chi connectivity index (χ3v) is 4.06. The van der Waals surface area contributed by atoms with Crippen LogP contribution in [0.4, 0.5) is 4.79 Å². The maximum atomic E-state index is 11.7. The number of aliphatic hydroxyl groups excluding tert-OH is 1. The first kappa shape index (κ1) is 12.7. The van der Waals surface area contributed by atoms with Crippen LogP contribution < -0.4 is 5.32 Å². The van der Waals surface area contributed by atoms with E-state index < -0.39 is 5.60 Å². The van der Waals surface area contributed by atoms with Gasteiger partial charge in [0.15, 0.2) is 0 Å². The van der Waals surface area contributed by atoms with Crippen LogP contribution in [0, 0.1) is 11.3 Å². The molecule has 0 radical (unpaired) electrons. The van der Waals surface area contributed by atoms with Gasteiger partial charge < -0.3 is 15.2 Å². The maximum absolute atomic E-state index is 11.7. The fourth-order valence-electron chi connectivity index (χ4n) is 3.29. The minimum atomic E-state index is -0.464. The summed E-state index contributed by atoms with van der Waals surface area (Å²) in [4.78, 5) is 11.7. The highest BCUT2D eigenvalue weighted by molar-refractivity contribution is 5.68. The molecule has 0 spiro atoms. The van der Waals surface area contributed by atoms with Crippen LogP contribution in [0.15, 0.2) is 0 Å². The normalized spacial score (nSPS) is 36.0. The smallest absolute Gasteiger partial charge is 0.407 e. The molecule has 98 valence electrons. The summed E-state index contributed by atoms with van der Waals surface area (Å²) in [6, 6.07) is 0.0844. The lowest BCUT2D eigenvalue weighted by Gasteiger charge is -2.34. The van der Waals surface area contributed by atoms with Crippen molar-refractivity contribution in [2.24, 2.45) is 11.3 Å². The summed E-state index contributed by atoms with van der Waals surface area (Å²) in [7, 11) is 0. The van der Waals surface area contributed by atoms with Crippen molar-refractivity contribution < 1.29 is 14.6 Å². The first-order valence-corrected chi connectivity index (χ1v) is 6.45. The zero-order valence-electron chi connectivity index (χ0n) is 11.0. The van der Waals surface area contributed by atoms with Gasteiger partial charge in [0.1, 0.15) is 5.60 Å². The average molecular weight is 241 g/mol. The van der Waals surface area contributed by atoms with E-state index in [0.29, 0.717) is 5.92 Å². The first-order chi connectivity index (χ1) is 7.85. The SMILES string of the molecule is CC(C)(C)OC(=O)NC1CC2CCC1(CO)C2. The Balaban J connectivity index is 1.94. The van der Waals surface area contributed by atoms with Gasteiger partial charge in [-0.1, -0.05) is 0 Å². The molecule has 0 aromatic carbocycles. The molecule has 2 aliphatic carbocycles. The van der Waals surface area contributed by atoms with Gasteiger partial charge in [-0.2, -0.15) is 0 Å². The van der Waals surface area contributed by atoms with Gasteiger partial charge in [0.25, 0.3) is 0 Å². The van der Waals surface area contributed by atoms with E-state index in [1.54, 1.807) is 0 Å². The standard InChI is InChI=1S/C13H23NO3/c1-12(2,3)17-11(16)14-10-6-9-4-5-13(10,7-9)8-15/h9-10,15H,4-8H2,1-3H3,(H,14,16). The van der Waals surface area contributed by atoms with Gasteiger partial charge in [-0.25, -0.2) is 4.79 Å². The molecule has 0 heterocycles. The van der Waals surface area contributed by atoms with Crippen LogP contribution in [-0.2, 0) is 4.74 Å². The van der Waals surface area contributed by atoms with Crippen LogP contribution in [0.3, 0.4) is 0 Å². The highest BCUT2D eigenvalue weighted by atomic mass is 16.6. The number of amides is 1. The Labute approximate surface area is 103 Å². The summed E-state index contributed by atoms with van der Waals surface area (Å²) in [6.45, 7) is 5.74. The van der Waals surface area contributed by atoms with E-state index in [0.717, 1.165) is 19.3 Å². The number of fused-ring (bicyclic) bond motifs is 2. The summed E-state index contributed by atoms with van der Waals surface area (Å²) in [6.07, 6.45) is 3.88. The van der Waals surface area contributed by atoms with Gasteiger partial charge in [0, 0.05) is 11.5 Å². The summed E-state index contributed by atoms with van der Waals surface area (Å²) in [5.74, 6) is 0.669. The largest absolute Gasteiger partial charge is 0.444 e. The maximum Gasteiger partial charge on any atom is 0.407 e. The van der Waals surface area contributed by atoms with Gasteiger partial charge in [0.2, 0.25) is 0 Å². The van der Waals surface area contributed by atoms with E-state index >= 15 is 0 Å². The quantitative estimate of drug-likeness (QED) is 0.778. The van der Waals surface area contributed by atoms with Crippen LogP contribution in [-0.4, -0.2) is 29.4 Å². The highest BCUT2D eigenvalue weighted by Gasteiger charge is 2.52. The van der Waals surface area contributed by atoms with Gasteiger partial charge in [0.05, 0.1) is 6.61 Å². The predicted octanol–water partition coefficient (Wildman–Crippen LogP) is 2.06. The molecule has 3 unspecified atom stereocenters. The van der Waals surface area contributed by atoms with Crippen molar-refractivity contribution in [2.45, 2.75) is 58.1 Å². The van der Waals surface area contributed by atoms with Crippen LogP contribution in [0.25, 0.3) is 0 Å². The zero-order chi connectivity index (χ0) is 12.7. The molecule has 0 aromatic heterocycles. The molecule has 1 amide bonds. The number of hydrogen-bond acceptors (Lipinski definition) is 3. The predicted molar refractivity (Wildman–Crippen MR) is 64.6 cm³/mol. The molecule has 2 fully saturated rings. The molecule has 2 bridgehead atoms. The number of rotatable bonds is 2. The molecule has 0 saturated heterocycles. The minimum absolute atomic E-state index is 0.0818. The molecule has 2 aliphatic rings. The van der Waals surface area contributed by atoms with Crippen LogP contribution in [0.5, 0.6) is 0 Å². The van der Waals surface area contributed by atoms with E-state index in [1.807, 2.05) is 20.8 Å². The minimum Gasteiger partial charge on any atom is -0.444 e. The highest BCUT2D eigenvalue weighted by Crippen LogP contribution is 2.53. The topological polar surface area (TPSA) is 58.6 Å². The number of hydrogen-bond donors (Lipinski definition) is 2. The van der Waals surface area contributed by atoms with Crippen molar-refractivity contribution in [3.8, 4) is 0 Å². The van der Waals surface area contributed by atoms with Crippen LogP contribution in [0.2, 0.25) is 0 Å². The van der Waals surface area contributed by atoms with Crippen molar-refractivity contribution in [3.63, 3.8) is 0 Å². The second-order valence-electron chi connectivity index (χ2n) is 6.56. The Morgan fingerprint density at radius 1 is 1.53 bits per heavy atom. The Hall–Kier alpha value is -0.770. The number of carbonyl (C=O) groups is 1. The zero-order valence-corrected chi connectivity index (χ0v) is 11.0. The molecule has 2 rings (SSSR count). The fraction of sp³-hybridized carbons (Fsp3) is 0.923. The Kier molecular flexibility index (Phi) is 3.10. The van der Waals surface area contributed by atoms with Gasteiger partial charge in [-0.15, -0.1) is 0 Å². The van der Waals surface area contributed by atoms with Crippen LogP contribution >= 0.6 is 0 Å². The summed E-state index contributed by atoms with van der Waals surface area (Å²) >= 11 is 0. The lowest BCUT2D eigenvalue weighted by atomic mass is 9.81. The number of nitrogens with one attached hydrogen (secondary N) is 1. The molecule has 2 N–H and O–H groups in total. The Morgan fingerprint density at radius 3 is 2.76 bits per heavy atom. The van der Waals surface area contributed by atoms with E-state index in [9.17, 15) is 9.90 Å². The van der Waals surface area contributed by atoms with E-state index in [2.05, 4.69) is 5.32 Å². The number of ether oxygens (including phenoxy) is 1. The molecule has 0 aromatic rings. The van der Waals surface area contributed by atoms with Crippen LogP contribution in [0.1, 0.15) is 46.5 Å². The van der Waals surface area contributed by atoms with E-state index in [1.165, 1.54) is 6.42 Å². The second-order valence-corrected chi connectivity index (χ2v) is 6.56. The van der Waals surface area contributed by atoms with Crippen molar-refractivity contribution in [3.05, 3.63) is 0 Å². The fourth-order valence-corrected chi connectivity index (χ4v) is 3.29. The molecule has 3 atom stereocenters. The molecular weight excluding hydrogens is 218 g/mol. The number of alkyl carbamates (subject to hydrolysis) is 1. The summed E-state index contributed by atoms with van der Waals surface area (Å²) in [5.41, 5.74) is -0.546. The third-order valence-electron chi connectivity index (χ3n) is 4.06. The number of carbonyl (C=O) groups excluding carboxylic acids is 1. The molecule has 4 nitrogen and oxygen atoms in total. The van der Waals surface area contributed by atoms with Crippen molar-refractivity contribution in [1.82, 2.24) is 5.32 Å². The van der Waals surface area contributed by atoms with Crippen molar-refractivity contribution in [1.29, 1.82) is 0 Å². The number of aliphatic hydroxyl groups is 1. The van der Waals surface area contributed by atoms with Gasteiger partial charge >= 0.3 is 6.09 Å². The second kappa shape index (κ2) is 4.16. The molecule has 0 aliphatic heterocycles. The third kappa shape index (κ3) is 2.57. The Bertz CT molecular complexity index is 310. The molecule has 17 heavy (non-hydrogen) atoms. The lowest BCUT2D eigenvalue weighted by Crippen LogP contribution is -2.48. The monoisotopic (exact) mass is 241 g/mol. The Morgan fingerprint density at radius 2 is 2.24 bits per heavy atom. The average Bonchev–Trinajstić information content (AvgIpc) is 2.72. The van der Waals surface area contributed by atoms with E-state index in [4.69, 9.17) is 4.74 Å². The summed E-state index contributed by atoms with van der Waals surface area (Å²) < 4.78 is 5.27. The van der Waals surface area contributed by atoms with Crippen molar-refractivity contribution in [2.75, 3.05) is 6.61 Å². The molecule has 4 heteroatoms. The van der Waals surface area contributed by atoms with Gasteiger partial charge in [-0.3, -0.25) is 0 Å². The molecular formula is C13H23NO3. The summed E-state index contributed by atoms with van der Waals surface area (Å²) in [5, 5.41) is 12.5.